The Bertz CT molecular complexity index is 510. The van der Waals surface area contributed by atoms with Crippen LogP contribution in [0.5, 0.6) is 5.75 Å². The zero-order valence-corrected chi connectivity index (χ0v) is 13.9. The maximum atomic E-state index is 12.3. The number of hydrogen-bond donors (Lipinski definition) is 2. The van der Waals surface area contributed by atoms with Crippen molar-refractivity contribution in [2.24, 2.45) is 5.41 Å². The highest BCUT2D eigenvalue weighted by molar-refractivity contribution is 6.09. The van der Waals surface area contributed by atoms with Gasteiger partial charge in [-0.2, -0.15) is 0 Å². The van der Waals surface area contributed by atoms with E-state index in [0.717, 1.165) is 6.54 Å². The van der Waals surface area contributed by atoms with Gasteiger partial charge in [-0.15, -0.1) is 0 Å². The number of hydrogen-bond acceptors (Lipinski definition) is 4. The molecule has 22 heavy (non-hydrogen) atoms. The summed E-state index contributed by atoms with van der Waals surface area (Å²) < 4.78 is 5.06. The van der Waals surface area contributed by atoms with Gasteiger partial charge in [0.2, 0.25) is 11.8 Å². The summed E-state index contributed by atoms with van der Waals surface area (Å²) in [6.07, 6.45) is 0. The van der Waals surface area contributed by atoms with Gasteiger partial charge in [0, 0.05) is 18.8 Å². The van der Waals surface area contributed by atoms with Crippen LogP contribution < -0.4 is 15.4 Å². The first-order chi connectivity index (χ1) is 10.3. The summed E-state index contributed by atoms with van der Waals surface area (Å²) >= 11 is 0. The fraction of sp³-hybridized carbons (Fsp3) is 0.500. The van der Waals surface area contributed by atoms with Crippen LogP contribution in [0, 0.1) is 5.41 Å². The molecule has 0 aliphatic heterocycles. The Hall–Kier alpha value is -2.08. The van der Waals surface area contributed by atoms with Crippen molar-refractivity contribution in [3.8, 4) is 5.75 Å². The predicted molar refractivity (Wildman–Crippen MR) is 87.0 cm³/mol. The molecule has 122 valence electrons. The van der Waals surface area contributed by atoms with Gasteiger partial charge in [0.1, 0.15) is 11.2 Å². The van der Waals surface area contributed by atoms with E-state index in [1.807, 2.05) is 19.0 Å². The molecular formula is C16H25N3O3. The highest BCUT2D eigenvalue weighted by atomic mass is 16.5. The summed E-state index contributed by atoms with van der Waals surface area (Å²) in [5.41, 5.74) is -0.522. The van der Waals surface area contributed by atoms with Crippen LogP contribution in [-0.2, 0) is 9.59 Å². The number of nitrogens with one attached hydrogen (secondary N) is 2. The molecule has 0 radical (unpaired) electrons. The van der Waals surface area contributed by atoms with Crippen molar-refractivity contribution in [3.63, 3.8) is 0 Å². The fourth-order valence-corrected chi connectivity index (χ4v) is 1.68. The van der Waals surface area contributed by atoms with Crippen molar-refractivity contribution in [1.29, 1.82) is 0 Å². The number of likely N-dealkylation sites (N-methyl/N-ethyl adjacent to an activating group) is 1. The number of carbonyl (C=O) groups excluding carboxylic acids is 2. The molecule has 0 heterocycles. The first-order valence-electron chi connectivity index (χ1n) is 7.16. The molecule has 2 N–H and O–H groups in total. The van der Waals surface area contributed by atoms with Gasteiger partial charge in [0.05, 0.1) is 7.11 Å². The Kier molecular flexibility index (Phi) is 6.37. The van der Waals surface area contributed by atoms with E-state index in [2.05, 4.69) is 10.6 Å². The van der Waals surface area contributed by atoms with Gasteiger partial charge < -0.3 is 20.3 Å². The average Bonchev–Trinajstić information content (AvgIpc) is 2.47. The summed E-state index contributed by atoms with van der Waals surface area (Å²) in [4.78, 5) is 26.4. The van der Waals surface area contributed by atoms with Crippen LogP contribution in [0.25, 0.3) is 0 Å². The summed E-state index contributed by atoms with van der Waals surface area (Å²) in [6.45, 7) is 4.45. The molecule has 1 rings (SSSR count). The van der Waals surface area contributed by atoms with Gasteiger partial charge in [-0.25, -0.2) is 0 Å². The van der Waals surface area contributed by atoms with Gasteiger partial charge in [0.25, 0.3) is 0 Å². The molecule has 0 aliphatic rings. The standard InChI is InChI=1S/C16H25N3O3/c1-16(2,14(20)17-10-11-19(3)4)15(21)18-12-6-8-13(22-5)9-7-12/h6-9H,10-11H2,1-5H3,(H,17,20)(H,18,21). The highest BCUT2D eigenvalue weighted by Gasteiger charge is 2.35. The lowest BCUT2D eigenvalue weighted by molar-refractivity contribution is -0.138. The molecule has 0 aliphatic carbocycles. The number of benzene rings is 1. The van der Waals surface area contributed by atoms with Crippen LogP contribution in [0.15, 0.2) is 24.3 Å². The number of amides is 2. The molecule has 0 bridgehead atoms. The molecule has 0 saturated carbocycles. The molecule has 0 fully saturated rings. The zero-order valence-electron chi connectivity index (χ0n) is 13.9. The monoisotopic (exact) mass is 307 g/mol. The van der Waals surface area contributed by atoms with Crippen LogP contribution in [0.4, 0.5) is 5.69 Å². The third kappa shape index (κ3) is 5.04. The maximum absolute atomic E-state index is 12.3. The lowest BCUT2D eigenvalue weighted by Crippen LogP contribution is -2.46. The van der Waals surface area contributed by atoms with Crippen molar-refractivity contribution in [3.05, 3.63) is 24.3 Å². The minimum atomic E-state index is -1.15. The second kappa shape index (κ2) is 7.79. The summed E-state index contributed by atoms with van der Waals surface area (Å²) in [7, 11) is 5.43. The second-order valence-electron chi connectivity index (χ2n) is 5.87. The van der Waals surface area contributed by atoms with E-state index in [4.69, 9.17) is 4.74 Å². The topological polar surface area (TPSA) is 70.7 Å². The highest BCUT2D eigenvalue weighted by Crippen LogP contribution is 2.20. The number of carbonyl (C=O) groups is 2. The predicted octanol–water partition coefficient (Wildman–Crippen LogP) is 1.34. The molecule has 2 amide bonds. The third-order valence-corrected chi connectivity index (χ3v) is 3.33. The Balaban J connectivity index is 2.62. The Morgan fingerprint density at radius 1 is 1.14 bits per heavy atom. The van der Waals surface area contributed by atoms with Crippen LogP contribution >= 0.6 is 0 Å². The quantitative estimate of drug-likeness (QED) is 0.746. The fourth-order valence-electron chi connectivity index (χ4n) is 1.68. The molecule has 0 unspecified atom stereocenters. The van der Waals surface area contributed by atoms with Gasteiger partial charge >= 0.3 is 0 Å². The van der Waals surface area contributed by atoms with Gasteiger partial charge in [0.15, 0.2) is 0 Å². The Morgan fingerprint density at radius 3 is 2.23 bits per heavy atom. The van der Waals surface area contributed by atoms with E-state index in [1.54, 1.807) is 45.2 Å². The molecule has 1 aromatic carbocycles. The summed E-state index contributed by atoms with van der Waals surface area (Å²) in [6, 6.07) is 6.97. The van der Waals surface area contributed by atoms with Crippen molar-refractivity contribution >= 4 is 17.5 Å². The zero-order chi connectivity index (χ0) is 16.8. The molecule has 0 spiro atoms. The number of ether oxygens (including phenoxy) is 1. The smallest absolute Gasteiger partial charge is 0.239 e. The van der Waals surface area contributed by atoms with Crippen molar-refractivity contribution in [2.75, 3.05) is 39.6 Å². The van der Waals surface area contributed by atoms with E-state index < -0.39 is 5.41 Å². The van der Waals surface area contributed by atoms with E-state index >= 15 is 0 Å². The Labute approximate surface area is 131 Å². The summed E-state index contributed by atoms with van der Waals surface area (Å²) in [5, 5.41) is 5.53. The van der Waals surface area contributed by atoms with Crippen LogP contribution in [0.1, 0.15) is 13.8 Å². The summed E-state index contributed by atoms with van der Waals surface area (Å²) in [5.74, 6) is 0.0686. The second-order valence-corrected chi connectivity index (χ2v) is 5.87. The van der Waals surface area contributed by atoms with E-state index in [-0.39, 0.29) is 11.8 Å². The maximum Gasteiger partial charge on any atom is 0.239 e. The minimum Gasteiger partial charge on any atom is -0.497 e. The first-order valence-corrected chi connectivity index (χ1v) is 7.16. The molecule has 6 nitrogen and oxygen atoms in total. The average molecular weight is 307 g/mol. The van der Waals surface area contributed by atoms with E-state index in [0.29, 0.717) is 18.0 Å². The van der Waals surface area contributed by atoms with Crippen LogP contribution in [0.2, 0.25) is 0 Å². The van der Waals surface area contributed by atoms with Crippen molar-refractivity contribution in [2.45, 2.75) is 13.8 Å². The number of rotatable bonds is 7. The molecule has 6 heteroatoms. The molecular weight excluding hydrogens is 282 g/mol. The Morgan fingerprint density at radius 2 is 1.73 bits per heavy atom. The minimum absolute atomic E-state index is 0.291. The van der Waals surface area contributed by atoms with Crippen LogP contribution in [-0.4, -0.2) is 51.0 Å². The number of anilines is 1. The van der Waals surface area contributed by atoms with Gasteiger partial charge in [-0.1, -0.05) is 0 Å². The lowest BCUT2D eigenvalue weighted by Gasteiger charge is -2.23. The number of methoxy groups -OCH3 is 1. The van der Waals surface area contributed by atoms with Crippen molar-refractivity contribution in [1.82, 2.24) is 10.2 Å². The molecule has 0 aromatic heterocycles. The molecule has 1 aromatic rings. The number of nitrogens with zero attached hydrogens (tertiary/aromatic N) is 1. The molecule has 0 atom stereocenters. The van der Waals surface area contributed by atoms with Gasteiger partial charge in [-0.05, 0) is 52.2 Å². The van der Waals surface area contributed by atoms with E-state index in [1.165, 1.54) is 0 Å². The third-order valence-electron chi connectivity index (χ3n) is 3.33. The van der Waals surface area contributed by atoms with Crippen LogP contribution in [0.3, 0.4) is 0 Å². The van der Waals surface area contributed by atoms with E-state index in [9.17, 15) is 9.59 Å². The largest absolute Gasteiger partial charge is 0.497 e. The lowest BCUT2D eigenvalue weighted by atomic mass is 9.91. The first kappa shape index (κ1) is 18.0. The SMILES string of the molecule is COc1ccc(NC(=O)C(C)(C)C(=O)NCCN(C)C)cc1. The van der Waals surface area contributed by atoms with Crippen molar-refractivity contribution < 1.29 is 14.3 Å². The normalized spacial score (nSPS) is 11.2. The molecule has 0 saturated heterocycles. The van der Waals surface area contributed by atoms with Gasteiger partial charge in [-0.3, -0.25) is 9.59 Å².